The van der Waals surface area contributed by atoms with Crippen molar-refractivity contribution < 1.29 is 9.53 Å². The molecule has 7 nitrogen and oxygen atoms in total. The Hall–Kier alpha value is -2.57. The number of nitrogens with two attached hydrogens (primary N) is 1. The smallest absolute Gasteiger partial charge is 0.241 e. The SMILES string of the molecule is Nc1ncn(CC(=O)NCCOc2ccccc2)n1. The van der Waals surface area contributed by atoms with Crippen LogP contribution in [0.25, 0.3) is 0 Å². The Morgan fingerprint density at radius 3 is 2.84 bits per heavy atom. The molecule has 0 unspecified atom stereocenters. The molecule has 1 aromatic carbocycles. The predicted octanol–water partition coefficient (Wildman–Crippen LogP) is 0.0555. The minimum Gasteiger partial charge on any atom is -0.492 e. The van der Waals surface area contributed by atoms with Crippen molar-refractivity contribution in [3.05, 3.63) is 36.7 Å². The first-order valence-electron chi connectivity index (χ1n) is 5.83. The van der Waals surface area contributed by atoms with Crippen molar-refractivity contribution in [1.29, 1.82) is 0 Å². The lowest BCUT2D eigenvalue weighted by Gasteiger charge is -2.07. The number of benzene rings is 1. The lowest BCUT2D eigenvalue weighted by Crippen LogP contribution is -2.31. The molecule has 0 saturated carbocycles. The Morgan fingerprint density at radius 1 is 1.37 bits per heavy atom. The third-order valence-electron chi connectivity index (χ3n) is 2.30. The van der Waals surface area contributed by atoms with Crippen LogP contribution in [0.5, 0.6) is 5.75 Å². The van der Waals surface area contributed by atoms with Crippen molar-refractivity contribution in [2.24, 2.45) is 0 Å². The molecule has 0 aliphatic heterocycles. The number of anilines is 1. The van der Waals surface area contributed by atoms with Crippen LogP contribution in [-0.4, -0.2) is 33.8 Å². The van der Waals surface area contributed by atoms with Crippen LogP contribution in [0.2, 0.25) is 0 Å². The van der Waals surface area contributed by atoms with Gasteiger partial charge < -0.3 is 15.8 Å². The van der Waals surface area contributed by atoms with E-state index in [9.17, 15) is 4.79 Å². The van der Waals surface area contributed by atoms with Gasteiger partial charge in [-0.3, -0.25) is 4.79 Å². The average Bonchev–Trinajstić information content (AvgIpc) is 2.81. The first kappa shape index (κ1) is 12.9. The van der Waals surface area contributed by atoms with Gasteiger partial charge in [0, 0.05) is 0 Å². The maximum atomic E-state index is 11.5. The van der Waals surface area contributed by atoms with Crippen molar-refractivity contribution in [3.8, 4) is 5.75 Å². The zero-order valence-corrected chi connectivity index (χ0v) is 10.3. The number of nitrogen functional groups attached to an aromatic ring is 1. The van der Waals surface area contributed by atoms with Crippen molar-refractivity contribution in [2.45, 2.75) is 6.54 Å². The molecule has 3 N–H and O–H groups in total. The van der Waals surface area contributed by atoms with E-state index in [0.717, 1.165) is 5.75 Å². The Morgan fingerprint density at radius 2 is 2.16 bits per heavy atom. The predicted molar refractivity (Wildman–Crippen MR) is 69.4 cm³/mol. The molecular weight excluding hydrogens is 246 g/mol. The molecule has 1 aromatic heterocycles. The van der Waals surface area contributed by atoms with Crippen LogP contribution >= 0.6 is 0 Å². The van der Waals surface area contributed by atoms with Crippen LogP contribution < -0.4 is 15.8 Å². The Kier molecular flexibility index (Phi) is 4.33. The van der Waals surface area contributed by atoms with Crippen LogP contribution in [0.1, 0.15) is 0 Å². The van der Waals surface area contributed by atoms with Crippen LogP contribution in [-0.2, 0) is 11.3 Å². The number of nitrogens with zero attached hydrogens (tertiary/aromatic N) is 3. The second kappa shape index (κ2) is 6.39. The highest BCUT2D eigenvalue weighted by molar-refractivity contribution is 5.75. The van der Waals surface area contributed by atoms with E-state index in [1.54, 1.807) is 0 Å². The molecule has 2 aromatic rings. The molecular formula is C12H15N5O2. The third kappa shape index (κ3) is 4.30. The summed E-state index contributed by atoms with van der Waals surface area (Å²) in [6.45, 7) is 0.933. The molecule has 0 fully saturated rings. The summed E-state index contributed by atoms with van der Waals surface area (Å²) in [7, 11) is 0. The van der Waals surface area contributed by atoms with E-state index in [4.69, 9.17) is 10.5 Å². The molecule has 100 valence electrons. The van der Waals surface area contributed by atoms with E-state index in [1.165, 1.54) is 11.0 Å². The second-order valence-electron chi connectivity index (χ2n) is 3.81. The topological polar surface area (TPSA) is 95.1 Å². The van der Waals surface area contributed by atoms with Crippen molar-refractivity contribution in [1.82, 2.24) is 20.1 Å². The van der Waals surface area contributed by atoms with E-state index >= 15 is 0 Å². The number of hydrogen-bond donors (Lipinski definition) is 2. The molecule has 0 saturated heterocycles. The molecule has 0 spiro atoms. The van der Waals surface area contributed by atoms with Gasteiger partial charge in [-0.05, 0) is 12.1 Å². The Labute approximate surface area is 110 Å². The Bertz CT molecular complexity index is 526. The molecule has 1 heterocycles. The number of carbonyl (C=O) groups excluding carboxylic acids is 1. The first-order chi connectivity index (χ1) is 9.24. The fraction of sp³-hybridized carbons (Fsp3) is 0.250. The van der Waals surface area contributed by atoms with Gasteiger partial charge in [0.2, 0.25) is 11.9 Å². The van der Waals surface area contributed by atoms with Gasteiger partial charge in [0.1, 0.15) is 25.2 Å². The number of ether oxygens (including phenoxy) is 1. The average molecular weight is 261 g/mol. The van der Waals surface area contributed by atoms with E-state index in [0.29, 0.717) is 13.2 Å². The number of nitrogens with one attached hydrogen (secondary N) is 1. The van der Waals surface area contributed by atoms with Gasteiger partial charge in [-0.15, -0.1) is 5.10 Å². The van der Waals surface area contributed by atoms with Gasteiger partial charge in [0.15, 0.2) is 0 Å². The van der Waals surface area contributed by atoms with E-state index in [2.05, 4.69) is 15.4 Å². The maximum Gasteiger partial charge on any atom is 0.241 e. The monoisotopic (exact) mass is 261 g/mol. The zero-order chi connectivity index (χ0) is 13.5. The van der Waals surface area contributed by atoms with Gasteiger partial charge in [-0.2, -0.15) is 0 Å². The summed E-state index contributed by atoms with van der Waals surface area (Å²) in [6.07, 6.45) is 1.41. The van der Waals surface area contributed by atoms with E-state index < -0.39 is 0 Å². The molecule has 2 rings (SSSR count). The number of para-hydroxylation sites is 1. The summed E-state index contributed by atoms with van der Waals surface area (Å²) in [5.41, 5.74) is 5.35. The highest BCUT2D eigenvalue weighted by Gasteiger charge is 2.03. The fourth-order valence-corrected chi connectivity index (χ4v) is 1.46. The van der Waals surface area contributed by atoms with Crippen LogP contribution in [0.15, 0.2) is 36.7 Å². The zero-order valence-electron chi connectivity index (χ0n) is 10.3. The maximum absolute atomic E-state index is 11.5. The van der Waals surface area contributed by atoms with Crippen LogP contribution in [0.3, 0.4) is 0 Å². The van der Waals surface area contributed by atoms with Gasteiger partial charge in [0.05, 0.1) is 6.54 Å². The van der Waals surface area contributed by atoms with Crippen molar-refractivity contribution in [2.75, 3.05) is 18.9 Å². The fourth-order valence-electron chi connectivity index (χ4n) is 1.46. The molecule has 0 aliphatic rings. The number of rotatable bonds is 6. The van der Waals surface area contributed by atoms with Gasteiger partial charge >= 0.3 is 0 Å². The third-order valence-corrected chi connectivity index (χ3v) is 2.30. The number of hydrogen-bond acceptors (Lipinski definition) is 5. The second-order valence-corrected chi connectivity index (χ2v) is 3.81. The van der Waals surface area contributed by atoms with Crippen LogP contribution in [0.4, 0.5) is 5.95 Å². The van der Waals surface area contributed by atoms with Gasteiger partial charge in [0.25, 0.3) is 0 Å². The van der Waals surface area contributed by atoms with Gasteiger partial charge in [-0.25, -0.2) is 9.67 Å². The van der Waals surface area contributed by atoms with Crippen molar-refractivity contribution >= 4 is 11.9 Å². The lowest BCUT2D eigenvalue weighted by atomic mass is 10.3. The molecule has 7 heteroatoms. The highest BCUT2D eigenvalue weighted by Crippen LogP contribution is 2.07. The molecule has 19 heavy (non-hydrogen) atoms. The molecule has 0 atom stereocenters. The number of aromatic nitrogens is 3. The van der Waals surface area contributed by atoms with Crippen molar-refractivity contribution in [3.63, 3.8) is 0 Å². The summed E-state index contributed by atoms with van der Waals surface area (Å²) in [5, 5.41) is 6.54. The molecule has 0 radical (unpaired) electrons. The minimum absolute atomic E-state index is 0.0928. The largest absolute Gasteiger partial charge is 0.492 e. The normalized spacial score (nSPS) is 10.1. The van der Waals surface area contributed by atoms with E-state index in [-0.39, 0.29) is 18.4 Å². The summed E-state index contributed by atoms with van der Waals surface area (Å²) in [4.78, 5) is 15.3. The highest BCUT2D eigenvalue weighted by atomic mass is 16.5. The first-order valence-corrected chi connectivity index (χ1v) is 5.83. The Balaban J connectivity index is 1.64. The van der Waals surface area contributed by atoms with Gasteiger partial charge in [-0.1, -0.05) is 18.2 Å². The molecule has 1 amide bonds. The van der Waals surface area contributed by atoms with E-state index in [1.807, 2.05) is 30.3 Å². The number of amides is 1. The lowest BCUT2D eigenvalue weighted by molar-refractivity contribution is -0.121. The summed E-state index contributed by atoms with van der Waals surface area (Å²) < 4.78 is 6.82. The summed E-state index contributed by atoms with van der Waals surface area (Å²) in [5.74, 6) is 0.766. The minimum atomic E-state index is -0.165. The quantitative estimate of drug-likeness (QED) is 0.717. The standard InChI is InChI=1S/C12H15N5O2/c13-12-15-9-17(16-12)8-11(18)14-6-7-19-10-4-2-1-3-5-10/h1-5,9H,6-8H2,(H2,13,16)(H,14,18). The molecule has 0 bridgehead atoms. The molecule has 0 aliphatic carbocycles. The summed E-state index contributed by atoms with van der Waals surface area (Å²) in [6, 6.07) is 9.42. The summed E-state index contributed by atoms with van der Waals surface area (Å²) >= 11 is 0. The number of carbonyl (C=O) groups is 1. The van der Waals surface area contributed by atoms with Crippen LogP contribution in [0, 0.1) is 0 Å².